The molecule has 0 radical (unpaired) electrons. The maximum Gasteiger partial charge on any atom is 0.251 e. The molecule has 0 heterocycles. The zero-order valence-corrected chi connectivity index (χ0v) is 14.8. The van der Waals surface area contributed by atoms with Gasteiger partial charge >= 0.3 is 0 Å². The van der Waals surface area contributed by atoms with E-state index in [1.807, 2.05) is 0 Å². The molecule has 2 aromatic carbocycles. The van der Waals surface area contributed by atoms with Gasteiger partial charge in [0, 0.05) is 12.1 Å². The minimum atomic E-state index is -0.100. The van der Waals surface area contributed by atoms with Gasteiger partial charge in [-0.2, -0.15) is 0 Å². The van der Waals surface area contributed by atoms with Gasteiger partial charge in [0.15, 0.2) is 11.5 Å². The molecule has 1 N–H and O–H groups in total. The molecule has 0 aromatic heterocycles. The van der Waals surface area contributed by atoms with Crippen LogP contribution in [0, 0.1) is 13.8 Å². The van der Waals surface area contributed by atoms with E-state index in [0.29, 0.717) is 23.6 Å². The Kier molecular flexibility index (Phi) is 6.24. The highest BCUT2D eigenvalue weighted by Gasteiger charge is 2.10. The third-order valence-electron chi connectivity index (χ3n) is 4.05. The standard InChI is InChI=1S/C20H25NO3/c1-14-7-8-16(15(2)12-14)6-5-11-21-20(22)17-9-10-18(23-3)19(13-17)24-4/h7-10,12-13H,5-6,11H2,1-4H3,(H,21,22). The van der Waals surface area contributed by atoms with Gasteiger partial charge in [-0.1, -0.05) is 23.8 Å². The van der Waals surface area contributed by atoms with E-state index in [2.05, 4.69) is 37.4 Å². The second kappa shape index (κ2) is 8.39. The maximum absolute atomic E-state index is 12.2. The maximum atomic E-state index is 12.2. The van der Waals surface area contributed by atoms with Crippen molar-refractivity contribution in [3.05, 3.63) is 58.7 Å². The number of methoxy groups -OCH3 is 2. The van der Waals surface area contributed by atoms with Crippen molar-refractivity contribution >= 4 is 5.91 Å². The molecule has 4 heteroatoms. The van der Waals surface area contributed by atoms with Crippen LogP contribution in [0.5, 0.6) is 11.5 Å². The summed E-state index contributed by atoms with van der Waals surface area (Å²) in [5, 5.41) is 2.95. The zero-order chi connectivity index (χ0) is 17.5. The van der Waals surface area contributed by atoms with Crippen LogP contribution >= 0.6 is 0 Å². The molecule has 4 nitrogen and oxygen atoms in total. The second-order valence-corrected chi connectivity index (χ2v) is 5.86. The normalized spacial score (nSPS) is 10.3. The lowest BCUT2D eigenvalue weighted by atomic mass is 10.0. The molecule has 0 unspecified atom stereocenters. The Hall–Kier alpha value is -2.49. The van der Waals surface area contributed by atoms with E-state index >= 15 is 0 Å². The Morgan fingerprint density at radius 1 is 1.00 bits per heavy atom. The fourth-order valence-corrected chi connectivity index (χ4v) is 2.69. The third kappa shape index (κ3) is 4.51. The smallest absolute Gasteiger partial charge is 0.251 e. The number of hydrogen-bond acceptors (Lipinski definition) is 3. The first-order valence-corrected chi connectivity index (χ1v) is 8.11. The Morgan fingerprint density at radius 2 is 1.75 bits per heavy atom. The molecule has 0 saturated carbocycles. The summed E-state index contributed by atoms with van der Waals surface area (Å²) < 4.78 is 10.4. The summed E-state index contributed by atoms with van der Waals surface area (Å²) in [6.45, 7) is 4.87. The highest BCUT2D eigenvalue weighted by atomic mass is 16.5. The van der Waals surface area contributed by atoms with Crippen LogP contribution in [0.2, 0.25) is 0 Å². The predicted octanol–water partition coefficient (Wildman–Crippen LogP) is 3.68. The van der Waals surface area contributed by atoms with Crippen molar-refractivity contribution in [3.8, 4) is 11.5 Å². The van der Waals surface area contributed by atoms with Gasteiger partial charge in [0.25, 0.3) is 5.91 Å². The molecule has 1 amide bonds. The van der Waals surface area contributed by atoms with Crippen LogP contribution < -0.4 is 14.8 Å². The summed E-state index contributed by atoms with van der Waals surface area (Å²) in [6.07, 6.45) is 1.86. The quantitative estimate of drug-likeness (QED) is 0.789. The Balaban J connectivity index is 1.87. The van der Waals surface area contributed by atoms with Gasteiger partial charge < -0.3 is 14.8 Å². The Bertz CT molecular complexity index is 710. The fourth-order valence-electron chi connectivity index (χ4n) is 2.69. The molecule has 0 aliphatic carbocycles. The second-order valence-electron chi connectivity index (χ2n) is 5.86. The van der Waals surface area contributed by atoms with Crippen molar-refractivity contribution in [2.24, 2.45) is 0 Å². The zero-order valence-electron chi connectivity index (χ0n) is 14.8. The lowest BCUT2D eigenvalue weighted by Gasteiger charge is -2.10. The van der Waals surface area contributed by atoms with Crippen molar-refractivity contribution in [3.63, 3.8) is 0 Å². The average Bonchev–Trinajstić information content (AvgIpc) is 2.59. The van der Waals surface area contributed by atoms with Gasteiger partial charge in [0.1, 0.15) is 0 Å². The van der Waals surface area contributed by atoms with Gasteiger partial charge in [-0.3, -0.25) is 4.79 Å². The molecule has 2 rings (SSSR count). The molecule has 2 aromatic rings. The number of rotatable bonds is 7. The monoisotopic (exact) mass is 327 g/mol. The van der Waals surface area contributed by atoms with Crippen LogP contribution in [0.3, 0.4) is 0 Å². The number of amides is 1. The van der Waals surface area contributed by atoms with E-state index in [1.165, 1.54) is 16.7 Å². The number of carbonyl (C=O) groups is 1. The minimum Gasteiger partial charge on any atom is -0.493 e. The molecule has 24 heavy (non-hydrogen) atoms. The minimum absolute atomic E-state index is 0.100. The summed E-state index contributed by atoms with van der Waals surface area (Å²) in [7, 11) is 3.13. The van der Waals surface area contributed by atoms with Gasteiger partial charge in [-0.25, -0.2) is 0 Å². The van der Waals surface area contributed by atoms with Crippen LogP contribution in [0.1, 0.15) is 33.5 Å². The van der Waals surface area contributed by atoms with Crippen molar-refractivity contribution in [2.75, 3.05) is 20.8 Å². The first kappa shape index (κ1) is 17.9. The van der Waals surface area contributed by atoms with Gasteiger partial charge in [0.2, 0.25) is 0 Å². The van der Waals surface area contributed by atoms with Crippen molar-refractivity contribution in [2.45, 2.75) is 26.7 Å². The molecule has 128 valence electrons. The molecule has 0 atom stereocenters. The van der Waals surface area contributed by atoms with E-state index in [4.69, 9.17) is 9.47 Å². The van der Waals surface area contributed by atoms with Gasteiger partial charge in [-0.05, 0) is 56.0 Å². The number of nitrogens with one attached hydrogen (secondary N) is 1. The molecule has 0 bridgehead atoms. The molecular formula is C20H25NO3. The molecule has 0 spiro atoms. The topological polar surface area (TPSA) is 47.6 Å². The number of carbonyl (C=O) groups excluding carboxylic acids is 1. The molecule has 0 aliphatic heterocycles. The summed E-state index contributed by atoms with van der Waals surface area (Å²) in [5.41, 5.74) is 4.49. The lowest BCUT2D eigenvalue weighted by Crippen LogP contribution is -2.24. The number of ether oxygens (including phenoxy) is 2. The first-order chi connectivity index (χ1) is 11.5. The van der Waals surface area contributed by atoms with Gasteiger partial charge in [-0.15, -0.1) is 0 Å². The molecule has 0 aliphatic rings. The highest BCUT2D eigenvalue weighted by Crippen LogP contribution is 2.27. The summed E-state index contributed by atoms with van der Waals surface area (Å²) in [5.74, 6) is 1.07. The largest absolute Gasteiger partial charge is 0.493 e. The van der Waals surface area contributed by atoms with Crippen LogP contribution in [0.25, 0.3) is 0 Å². The number of aryl methyl sites for hydroxylation is 3. The molecule has 0 fully saturated rings. The highest BCUT2D eigenvalue weighted by molar-refractivity contribution is 5.94. The lowest BCUT2D eigenvalue weighted by molar-refractivity contribution is 0.0953. The van der Waals surface area contributed by atoms with E-state index in [9.17, 15) is 4.79 Å². The SMILES string of the molecule is COc1ccc(C(=O)NCCCc2ccc(C)cc2C)cc1OC. The van der Waals surface area contributed by atoms with E-state index < -0.39 is 0 Å². The summed E-state index contributed by atoms with van der Waals surface area (Å²) in [4.78, 5) is 12.2. The Morgan fingerprint density at radius 3 is 2.42 bits per heavy atom. The van der Waals surface area contributed by atoms with Crippen LogP contribution in [0.4, 0.5) is 0 Å². The Labute approximate surface area is 143 Å². The van der Waals surface area contributed by atoms with Crippen molar-refractivity contribution < 1.29 is 14.3 Å². The van der Waals surface area contributed by atoms with Crippen molar-refractivity contribution in [1.29, 1.82) is 0 Å². The fraction of sp³-hybridized carbons (Fsp3) is 0.350. The van der Waals surface area contributed by atoms with E-state index in [-0.39, 0.29) is 5.91 Å². The number of benzene rings is 2. The first-order valence-electron chi connectivity index (χ1n) is 8.11. The molecular weight excluding hydrogens is 302 g/mol. The summed E-state index contributed by atoms with van der Waals surface area (Å²) in [6, 6.07) is 11.7. The summed E-state index contributed by atoms with van der Waals surface area (Å²) >= 11 is 0. The van der Waals surface area contributed by atoms with Crippen LogP contribution in [-0.2, 0) is 6.42 Å². The average molecular weight is 327 g/mol. The van der Waals surface area contributed by atoms with Crippen LogP contribution in [-0.4, -0.2) is 26.7 Å². The third-order valence-corrected chi connectivity index (χ3v) is 4.05. The predicted molar refractivity (Wildman–Crippen MR) is 96.1 cm³/mol. The van der Waals surface area contributed by atoms with Gasteiger partial charge in [0.05, 0.1) is 14.2 Å². The number of hydrogen-bond donors (Lipinski definition) is 1. The van der Waals surface area contributed by atoms with E-state index in [0.717, 1.165) is 12.8 Å². The van der Waals surface area contributed by atoms with Crippen molar-refractivity contribution in [1.82, 2.24) is 5.32 Å². The van der Waals surface area contributed by atoms with E-state index in [1.54, 1.807) is 32.4 Å². The van der Waals surface area contributed by atoms with Crippen LogP contribution in [0.15, 0.2) is 36.4 Å². The molecule has 0 saturated heterocycles.